The van der Waals surface area contributed by atoms with Crippen molar-refractivity contribution in [2.75, 3.05) is 18.6 Å². The van der Waals surface area contributed by atoms with Crippen LogP contribution in [0.2, 0.25) is 0 Å². The molecule has 2 heterocycles. The summed E-state index contributed by atoms with van der Waals surface area (Å²) >= 11 is 17.5. The highest BCUT2D eigenvalue weighted by atomic mass is 79.9. The molecule has 272 valence electrons. The number of hydrogen-bond acceptors (Lipinski definition) is 7. The Morgan fingerprint density at radius 2 is 1.50 bits per heavy atom. The van der Waals surface area contributed by atoms with E-state index in [2.05, 4.69) is 15.9 Å². The highest BCUT2D eigenvalue weighted by Gasteiger charge is 2.77. The van der Waals surface area contributed by atoms with Crippen molar-refractivity contribution in [3.05, 3.63) is 92.7 Å². The first-order valence-corrected chi connectivity index (χ1v) is 17.2. The smallest absolute Gasteiger partial charge is 0.258 e. The Morgan fingerprint density at radius 3 is 2.12 bits per heavy atom. The molecule has 2 N–H and O–H groups in total. The van der Waals surface area contributed by atoms with Crippen molar-refractivity contribution in [2.45, 2.75) is 34.9 Å². The Balaban J connectivity index is 1.38. The number of fused-ring (bicyclic) bond motifs is 4. The number of rotatable bonds is 6. The van der Waals surface area contributed by atoms with E-state index in [1.54, 1.807) is 18.2 Å². The molecule has 0 radical (unpaired) electrons. The van der Waals surface area contributed by atoms with E-state index in [9.17, 15) is 42.6 Å². The standard InChI is InChI=1S/C35H24BrCl2F5N2O7/c1-52-20-11-14(10-19(36)29(20)47)22-16-6-7-17-21(31(49)44(30(17)48)9-8-13-2-4-15(46)5-3-13)18(16)12-34(37)32(50)45(33(51)35(22,34)38)28-26(42)24(40)23(39)25(41)27(28)43/h2-6,10-11,17-18,21-22,46-47H,7-9,12H2,1H3/t17-,18+,21-,22-,34+,35-/m0/s1. The van der Waals surface area contributed by atoms with Gasteiger partial charge in [0, 0.05) is 12.5 Å². The fraction of sp³-hybridized carbons (Fsp3) is 0.314. The van der Waals surface area contributed by atoms with Gasteiger partial charge in [0.15, 0.2) is 44.5 Å². The summed E-state index contributed by atoms with van der Waals surface area (Å²) < 4.78 is 78.8. The van der Waals surface area contributed by atoms with E-state index < -0.39 is 98.2 Å². The Morgan fingerprint density at radius 1 is 0.885 bits per heavy atom. The first-order chi connectivity index (χ1) is 24.5. The summed E-state index contributed by atoms with van der Waals surface area (Å²) in [6.07, 6.45) is 1.12. The van der Waals surface area contributed by atoms with E-state index in [1.807, 2.05) is 0 Å². The van der Waals surface area contributed by atoms with E-state index >= 15 is 8.78 Å². The maximum Gasteiger partial charge on any atom is 0.258 e. The number of carbonyl (C=O) groups is 4. The molecule has 9 nitrogen and oxygen atoms in total. The monoisotopic (exact) mass is 828 g/mol. The number of amides is 4. The number of nitrogens with zero attached hydrogens (tertiary/aromatic N) is 2. The summed E-state index contributed by atoms with van der Waals surface area (Å²) in [5.74, 6) is -22.0. The molecular weight excluding hydrogens is 806 g/mol. The molecule has 17 heteroatoms. The number of allylic oxidation sites excluding steroid dienone is 2. The quantitative estimate of drug-likeness (QED) is 0.0740. The zero-order chi connectivity index (χ0) is 37.8. The summed E-state index contributed by atoms with van der Waals surface area (Å²) in [6.45, 7) is -0.0417. The highest BCUT2D eigenvalue weighted by molar-refractivity contribution is 9.10. The summed E-state index contributed by atoms with van der Waals surface area (Å²) in [4.78, 5) is 52.0. The summed E-state index contributed by atoms with van der Waals surface area (Å²) in [5.41, 5.74) is -0.871. The zero-order valence-corrected chi connectivity index (χ0v) is 29.6. The summed E-state index contributed by atoms with van der Waals surface area (Å²) in [5, 5.41) is 20.2. The van der Waals surface area contributed by atoms with Crippen LogP contribution in [0.5, 0.6) is 17.2 Å². The van der Waals surface area contributed by atoms with Crippen molar-refractivity contribution in [3.8, 4) is 17.2 Å². The van der Waals surface area contributed by atoms with Crippen LogP contribution in [0.15, 0.2) is 52.5 Å². The number of benzene rings is 3. The van der Waals surface area contributed by atoms with E-state index in [4.69, 9.17) is 27.9 Å². The minimum Gasteiger partial charge on any atom is -0.508 e. The van der Waals surface area contributed by atoms with Gasteiger partial charge in [0.1, 0.15) is 11.4 Å². The van der Waals surface area contributed by atoms with Crippen molar-refractivity contribution in [1.82, 2.24) is 4.90 Å². The van der Waals surface area contributed by atoms with Crippen LogP contribution >= 0.6 is 39.1 Å². The second kappa shape index (κ2) is 12.4. The molecular formula is C35H24BrCl2F5N2O7. The second-order valence-corrected chi connectivity index (χ2v) is 15.1. The molecule has 6 atom stereocenters. The van der Waals surface area contributed by atoms with Gasteiger partial charge in [-0.05, 0) is 76.5 Å². The minimum absolute atomic E-state index is 0.0135. The van der Waals surface area contributed by atoms with Crippen LogP contribution in [0, 0.1) is 46.8 Å². The van der Waals surface area contributed by atoms with Crippen molar-refractivity contribution >= 4 is 68.4 Å². The van der Waals surface area contributed by atoms with Gasteiger partial charge in [0.2, 0.25) is 17.6 Å². The third-order valence-corrected chi connectivity index (χ3v) is 12.5. The number of halogens is 8. The summed E-state index contributed by atoms with van der Waals surface area (Å²) in [6, 6.07) is 8.71. The van der Waals surface area contributed by atoms with Gasteiger partial charge in [0.05, 0.1) is 23.4 Å². The molecule has 1 saturated carbocycles. The number of methoxy groups -OCH3 is 1. The van der Waals surface area contributed by atoms with Gasteiger partial charge in [-0.15, -0.1) is 23.2 Å². The molecule has 2 aliphatic carbocycles. The minimum atomic E-state index is -2.73. The number of ether oxygens (including phenoxy) is 1. The van der Waals surface area contributed by atoms with E-state index in [0.29, 0.717) is 5.56 Å². The largest absolute Gasteiger partial charge is 0.508 e. The molecule has 52 heavy (non-hydrogen) atoms. The molecule has 4 amide bonds. The Bertz CT molecular complexity index is 2130. The fourth-order valence-electron chi connectivity index (χ4n) is 8.05. The van der Waals surface area contributed by atoms with Crippen molar-refractivity contribution in [2.24, 2.45) is 17.8 Å². The first-order valence-electron chi connectivity index (χ1n) is 15.7. The Labute approximate surface area is 309 Å². The third kappa shape index (κ3) is 4.84. The molecule has 0 bridgehead atoms. The van der Waals surface area contributed by atoms with Crippen molar-refractivity contribution in [1.29, 1.82) is 0 Å². The van der Waals surface area contributed by atoms with Crippen LogP contribution in [-0.4, -0.2) is 62.1 Å². The van der Waals surface area contributed by atoms with Crippen LogP contribution in [0.3, 0.4) is 0 Å². The van der Waals surface area contributed by atoms with Gasteiger partial charge in [-0.1, -0.05) is 23.8 Å². The second-order valence-electron chi connectivity index (χ2n) is 13.0. The predicted octanol–water partition coefficient (Wildman–Crippen LogP) is 6.37. The Hall–Kier alpha value is -4.21. The van der Waals surface area contributed by atoms with Crippen molar-refractivity contribution in [3.63, 3.8) is 0 Å². The number of phenols is 2. The highest BCUT2D eigenvalue weighted by Crippen LogP contribution is 2.66. The van der Waals surface area contributed by atoms with E-state index in [1.165, 1.54) is 31.4 Å². The molecule has 2 aliphatic heterocycles. The SMILES string of the molecule is COc1cc([C@H]2C3=CC[C@@H]4C(=O)N(CCc5ccc(O)cc5)C(=O)[C@@H]4[C@@H]3C[C@@]3(Cl)C(=O)N(c4c(F)c(F)c(F)c(F)c4F)C(=O)[C@@]23Cl)cc(Br)c1O. The van der Waals surface area contributed by atoms with Gasteiger partial charge >= 0.3 is 0 Å². The normalized spacial score (nSPS) is 28.2. The average molecular weight is 830 g/mol. The first kappa shape index (κ1) is 36.2. The lowest BCUT2D eigenvalue weighted by Gasteiger charge is -2.50. The van der Waals surface area contributed by atoms with Crippen LogP contribution in [-0.2, 0) is 25.6 Å². The van der Waals surface area contributed by atoms with E-state index in [0.717, 1.165) is 4.90 Å². The number of carbonyl (C=O) groups excluding carboxylic acids is 4. The maximum atomic E-state index is 15.3. The number of likely N-dealkylation sites (tertiary alicyclic amines) is 1. The number of imide groups is 2. The third-order valence-electron chi connectivity index (χ3n) is 10.5. The van der Waals surface area contributed by atoms with Crippen LogP contribution < -0.4 is 9.64 Å². The molecule has 0 aromatic heterocycles. The zero-order valence-electron chi connectivity index (χ0n) is 26.5. The number of phenolic OH excluding ortho intramolecular Hbond substituents is 2. The molecule has 7 rings (SSSR count). The van der Waals surface area contributed by atoms with Gasteiger partial charge < -0.3 is 14.9 Å². The van der Waals surface area contributed by atoms with Gasteiger partial charge in [-0.3, -0.25) is 24.1 Å². The summed E-state index contributed by atoms with van der Waals surface area (Å²) in [7, 11) is 1.21. The topological polar surface area (TPSA) is 124 Å². The average Bonchev–Trinajstić information content (AvgIpc) is 3.45. The maximum absolute atomic E-state index is 15.3. The lowest BCUT2D eigenvalue weighted by atomic mass is 9.56. The number of aromatic hydroxyl groups is 2. The molecule has 0 unspecified atom stereocenters. The van der Waals surface area contributed by atoms with Crippen molar-refractivity contribution < 1.29 is 56.1 Å². The molecule has 3 fully saturated rings. The van der Waals surface area contributed by atoms with Crippen LogP contribution in [0.4, 0.5) is 27.6 Å². The van der Waals surface area contributed by atoms with Gasteiger partial charge in [-0.25, -0.2) is 26.9 Å². The molecule has 3 aromatic carbocycles. The van der Waals surface area contributed by atoms with E-state index in [-0.39, 0.29) is 57.1 Å². The van der Waals surface area contributed by atoms with Crippen LogP contribution in [0.25, 0.3) is 0 Å². The number of anilines is 1. The predicted molar refractivity (Wildman–Crippen MR) is 177 cm³/mol. The Kier molecular flexibility index (Phi) is 8.65. The van der Waals surface area contributed by atoms with Gasteiger partial charge in [-0.2, -0.15) is 0 Å². The molecule has 4 aliphatic rings. The fourth-order valence-corrected chi connectivity index (χ4v) is 9.44. The van der Waals surface area contributed by atoms with Gasteiger partial charge in [0.25, 0.3) is 11.8 Å². The number of alkyl halides is 2. The lowest BCUT2D eigenvalue weighted by Crippen LogP contribution is -2.60. The number of hydrogen-bond donors (Lipinski definition) is 2. The molecule has 0 spiro atoms. The molecule has 3 aromatic rings. The lowest BCUT2D eigenvalue weighted by molar-refractivity contribution is -0.140. The van der Waals surface area contributed by atoms with Crippen LogP contribution in [0.1, 0.15) is 29.9 Å². The molecule has 2 saturated heterocycles.